The van der Waals surface area contributed by atoms with E-state index >= 15 is 0 Å². The summed E-state index contributed by atoms with van der Waals surface area (Å²) < 4.78 is 12.9. The van der Waals surface area contributed by atoms with Crippen molar-refractivity contribution < 1.29 is 9.18 Å². The van der Waals surface area contributed by atoms with Crippen LogP contribution in [0.15, 0.2) is 24.3 Å². The third kappa shape index (κ3) is 2.99. The van der Waals surface area contributed by atoms with Crippen LogP contribution in [-0.4, -0.2) is 23.9 Å². The Morgan fingerprint density at radius 2 is 1.86 bits per heavy atom. The molecule has 1 aliphatic carbocycles. The molecule has 2 fully saturated rings. The van der Waals surface area contributed by atoms with E-state index in [0.717, 1.165) is 31.2 Å². The lowest BCUT2D eigenvalue weighted by atomic mass is 9.72. The number of nitriles is 1. The van der Waals surface area contributed by atoms with Crippen molar-refractivity contribution in [2.24, 2.45) is 5.41 Å². The van der Waals surface area contributed by atoms with Gasteiger partial charge in [0.1, 0.15) is 5.82 Å². The largest absolute Gasteiger partial charge is 0.341 e. The van der Waals surface area contributed by atoms with E-state index in [1.807, 2.05) is 4.90 Å². The molecule has 0 aromatic heterocycles. The molecule has 4 heteroatoms. The Bertz CT molecular complexity index is 578. The number of likely N-dealkylation sites (tertiary alicyclic amines) is 1. The van der Waals surface area contributed by atoms with Crippen molar-refractivity contribution >= 4 is 5.91 Å². The molecule has 0 radical (unpaired) electrons. The summed E-state index contributed by atoms with van der Waals surface area (Å²) in [6.45, 7) is 1.37. The predicted molar refractivity (Wildman–Crippen MR) is 81.5 cm³/mol. The van der Waals surface area contributed by atoms with Crippen LogP contribution in [0.1, 0.15) is 50.0 Å². The van der Waals surface area contributed by atoms with E-state index in [0.29, 0.717) is 25.4 Å². The van der Waals surface area contributed by atoms with Crippen molar-refractivity contribution in [3.8, 4) is 6.07 Å². The maximum absolute atomic E-state index is 12.9. The van der Waals surface area contributed by atoms with Gasteiger partial charge in [-0.15, -0.1) is 0 Å². The lowest BCUT2D eigenvalue weighted by Crippen LogP contribution is -2.49. The predicted octanol–water partition coefficient (Wildman–Crippen LogP) is 3.62. The molecule has 1 saturated carbocycles. The number of rotatable bonds is 3. The highest BCUT2D eigenvalue weighted by Gasteiger charge is 2.39. The molecule has 0 N–H and O–H groups in total. The topological polar surface area (TPSA) is 44.1 Å². The van der Waals surface area contributed by atoms with Gasteiger partial charge in [-0.25, -0.2) is 4.39 Å². The fraction of sp³-hybridized carbons (Fsp3) is 0.556. The quantitative estimate of drug-likeness (QED) is 0.856. The van der Waals surface area contributed by atoms with Crippen molar-refractivity contribution in [2.75, 3.05) is 13.1 Å². The van der Waals surface area contributed by atoms with Crippen LogP contribution in [0.25, 0.3) is 0 Å². The highest BCUT2D eigenvalue weighted by molar-refractivity contribution is 5.78. The van der Waals surface area contributed by atoms with Crippen molar-refractivity contribution in [3.63, 3.8) is 0 Å². The molecule has 0 bridgehead atoms. The van der Waals surface area contributed by atoms with Gasteiger partial charge in [-0.2, -0.15) is 5.26 Å². The van der Waals surface area contributed by atoms with Crippen LogP contribution in [0.2, 0.25) is 0 Å². The summed E-state index contributed by atoms with van der Waals surface area (Å²) >= 11 is 0. The van der Waals surface area contributed by atoms with Crippen molar-refractivity contribution in [1.82, 2.24) is 4.90 Å². The molecular weight excluding hydrogens is 279 g/mol. The fourth-order valence-corrected chi connectivity index (χ4v) is 3.59. The second kappa shape index (κ2) is 6.08. The zero-order chi connectivity index (χ0) is 15.6. The van der Waals surface area contributed by atoms with Gasteiger partial charge in [0.25, 0.3) is 0 Å². The van der Waals surface area contributed by atoms with Crippen molar-refractivity contribution in [1.29, 1.82) is 5.26 Å². The Kier molecular flexibility index (Phi) is 4.15. The molecule has 1 amide bonds. The minimum absolute atomic E-state index is 0.0989. The fourth-order valence-electron chi connectivity index (χ4n) is 3.59. The lowest BCUT2D eigenvalue weighted by Gasteiger charge is -2.41. The van der Waals surface area contributed by atoms with Crippen LogP contribution >= 0.6 is 0 Å². The summed E-state index contributed by atoms with van der Waals surface area (Å²) in [5.41, 5.74) is 0.647. The number of halogens is 1. The average molecular weight is 300 g/mol. The standard InChI is InChI=1S/C18H21FN2O/c19-16-6-4-14(5-7-16)15-11-21(12-15)17(22)10-18(13-20)8-2-1-3-9-18/h4-7,15H,1-3,8-12H2. The van der Waals surface area contributed by atoms with Crippen molar-refractivity contribution in [3.05, 3.63) is 35.6 Å². The molecule has 0 unspecified atom stereocenters. The molecule has 1 aliphatic heterocycles. The first-order valence-corrected chi connectivity index (χ1v) is 8.06. The van der Waals surface area contributed by atoms with Crippen LogP contribution in [0.5, 0.6) is 0 Å². The summed E-state index contributed by atoms with van der Waals surface area (Å²) in [5.74, 6) is 0.167. The van der Waals surface area contributed by atoms with E-state index in [9.17, 15) is 14.4 Å². The molecule has 1 saturated heterocycles. The molecule has 1 aromatic carbocycles. The van der Waals surface area contributed by atoms with Gasteiger partial charge in [-0.3, -0.25) is 4.79 Å². The van der Waals surface area contributed by atoms with Gasteiger partial charge in [-0.1, -0.05) is 31.4 Å². The van der Waals surface area contributed by atoms with E-state index in [2.05, 4.69) is 6.07 Å². The molecule has 116 valence electrons. The molecule has 0 spiro atoms. The normalized spacial score (nSPS) is 21.0. The van der Waals surface area contributed by atoms with E-state index < -0.39 is 5.41 Å². The minimum atomic E-state index is -0.434. The molecular formula is C18H21FN2O. The second-order valence-electron chi connectivity index (χ2n) is 6.68. The Morgan fingerprint density at radius 1 is 1.23 bits per heavy atom. The first-order valence-electron chi connectivity index (χ1n) is 8.06. The minimum Gasteiger partial charge on any atom is -0.341 e. The Hall–Kier alpha value is -1.89. The van der Waals surface area contributed by atoms with Gasteiger partial charge < -0.3 is 4.90 Å². The smallest absolute Gasteiger partial charge is 0.224 e. The molecule has 0 atom stereocenters. The zero-order valence-corrected chi connectivity index (χ0v) is 12.7. The molecule has 1 heterocycles. The number of carbonyl (C=O) groups excluding carboxylic acids is 1. The Morgan fingerprint density at radius 3 is 2.45 bits per heavy atom. The van der Waals surface area contributed by atoms with E-state index in [1.165, 1.54) is 18.6 Å². The van der Waals surface area contributed by atoms with Gasteiger partial charge in [-0.05, 0) is 30.5 Å². The van der Waals surface area contributed by atoms with Gasteiger partial charge in [0, 0.05) is 25.4 Å². The number of hydrogen-bond donors (Lipinski definition) is 0. The molecule has 2 aliphatic rings. The number of hydrogen-bond acceptors (Lipinski definition) is 2. The molecule has 22 heavy (non-hydrogen) atoms. The Labute approximate surface area is 130 Å². The third-order valence-corrected chi connectivity index (χ3v) is 5.11. The van der Waals surface area contributed by atoms with E-state index in [1.54, 1.807) is 12.1 Å². The molecule has 1 aromatic rings. The number of nitrogens with zero attached hydrogens (tertiary/aromatic N) is 2. The van der Waals surface area contributed by atoms with E-state index in [-0.39, 0.29) is 11.7 Å². The summed E-state index contributed by atoms with van der Waals surface area (Å²) in [6, 6.07) is 8.92. The first-order chi connectivity index (χ1) is 10.6. The average Bonchev–Trinajstić information content (AvgIpc) is 2.48. The zero-order valence-electron chi connectivity index (χ0n) is 12.7. The van der Waals surface area contributed by atoms with Crippen LogP contribution < -0.4 is 0 Å². The molecule has 3 rings (SSSR count). The van der Waals surface area contributed by atoms with Gasteiger partial charge >= 0.3 is 0 Å². The lowest BCUT2D eigenvalue weighted by molar-refractivity contribution is -0.137. The van der Waals surface area contributed by atoms with Crippen LogP contribution in [0.3, 0.4) is 0 Å². The summed E-state index contributed by atoms with van der Waals surface area (Å²) in [4.78, 5) is 14.2. The second-order valence-corrected chi connectivity index (χ2v) is 6.68. The monoisotopic (exact) mass is 300 g/mol. The molecule has 3 nitrogen and oxygen atoms in total. The summed E-state index contributed by atoms with van der Waals surface area (Å²) in [6.07, 6.45) is 5.35. The van der Waals surface area contributed by atoms with E-state index in [4.69, 9.17) is 0 Å². The Balaban J connectivity index is 1.55. The van der Waals surface area contributed by atoms with Crippen LogP contribution in [0.4, 0.5) is 4.39 Å². The van der Waals surface area contributed by atoms with Gasteiger partial charge in [0.2, 0.25) is 5.91 Å². The van der Waals surface area contributed by atoms with Crippen molar-refractivity contribution in [2.45, 2.75) is 44.4 Å². The van der Waals surface area contributed by atoms with Crippen LogP contribution in [-0.2, 0) is 4.79 Å². The third-order valence-electron chi connectivity index (χ3n) is 5.11. The van der Waals surface area contributed by atoms with Gasteiger partial charge in [0.15, 0.2) is 0 Å². The highest BCUT2D eigenvalue weighted by atomic mass is 19.1. The number of benzene rings is 1. The van der Waals surface area contributed by atoms with Gasteiger partial charge in [0.05, 0.1) is 11.5 Å². The van der Waals surface area contributed by atoms with Crippen LogP contribution in [0, 0.1) is 22.6 Å². The summed E-state index contributed by atoms with van der Waals surface area (Å²) in [5, 5.41) is 9.46. The number of carbonyl (C=O) groups is 1. The SMILES string of the molecule is N#CC1(CC(=O)N2CC(c3ccc(F)cc3)C2)CCCCC1. The summed E-state index contributed by atoms with van der Waals surface area (Å²) in [7, 11) is 0. The first kappa shape index (κ1) is 15.0. The highest BCUT2D eigenvalue weighted by Crippen LogP contribution is 2.40. The maximum Gasteiger partial charge on any atom is 0.224 e. The number of amides is 1. The maximum atomic E-state index is 12.9.